The van der Waals surface area contributed by atoms with E-state index in [9.17, 15) is 5.11 Å². The lowest BCUT2D eigenvalue weighted by molar-refractivity contribution is -0.0477. The van der Waals surface area contributed by atoms with Crippen LogP contribution >= 0.6 is 0 Å². The third-order valence-electron chi connectivity index (χ3n) is 2.44. The summed E-state index contributed by atoms with van der Waals surface area (Å²) in [6, 6.07) is 0. The summed E-state index contributed by atoms with van der Waals surface area (Å²) in [7, 11) is 1.94. The molecular formula is C9H14N2O2. The van der Waals surface area contributed by atoms with Crippen molar-refractivity contribution in [3.05, 3.63) is 18.2 Å². The number of hydrogen-bond donors (Lipinski definition) is 1. The highest BCUT2D eigenvalue weighted by atomic mass is 16.5. The van der Waals surface area contributed by atoms with Crippen LogP contribution in [0.15, 0.2) is 12.5 Å². The van der Waals surface area contributed by atoms with E-state index in [1.54, 1.807) is 12.5 Å². The molecule has 2 atom stereocenters. The fourth-order valence-electron chi connectivity index (χ4n) is 1.66. The zero-order chi connectivity index (χ0) is 9.26. The number of aromatic nitrogens is 2. The maximum absolute atomic E-state index is 9.46. The van der Waals surface area contributed by atoms with E-state index < -0.39 is 0 Å². The van der Waals surface area contributed by atoms with Gasteiger partial charge in [0, 0.05) is 20.1 Å². The average Bonchev–Trinajstić information content (AvgIpc) is 2.51. The van der Waals surface area contributed by atoms with E-state index in [0.29, 0.717) is 13.0 Å². The first-order chi connectivity index (χ1) is 6.27. The van der Waals surface area contributed by atoms with Gasteiger partial charge in [-0.2, -0.15) is 0 Å². The molecule has 0 aromatic carbocycles. The van der Waals surface area contributed by atoms with Crippen molar-refractivity contribution in [1.82, 2.24) is 9.55 Å². The van der Waals surface area contributed by atoms with Gasteiger partial charge < -0.3 is 14.4 Å². The van der Waals surface area contributed by atoms with Gasteiger partial charge in [0.25, 0.3) is 0 Å². The first-order valence-electron chi connectivity index (χ1n) is 4.53. The highest BCUT2D eigenvalue weighted by Gasteiger charge is 2.23. The largest absolute Gasteiger partial charge is 0.393 e. The molecule has 0 spiro atoms. The van der Waals surface area contributed by atoms with Crippen molar-refractivity contribution in [2.45, 2.75) is 25.0 Å². The number of nitrogens with zero attached hydrogens (tertiary/aromatic N) is 2. The molecule has 0 amide bonds. The number of aryl methyl sites for hydroxylation is 1. The normalized spacial score (nSPS) is 29.1. The third kappa shape index (κ3) is 1.73. The molecule has 0 saturated carbocycles. The SMILES string of the molecule is Cn1cncc1[C@@H]1C[C@H](O)CCO1. The minimum Gasteiger partial charge on any atom is -0.393 e. The predicted molar refractivity (Wildman–Crippen MR) is 47.1 cm³/mol. The number of hydrogen-bond acceptors (Lipinski definition) is 3. The van der Waals surface area contributed by atoms with E-state index in [4.69, 9.17) is 4.74 Å². The van der Waals surface area contributed by atoms with Gasteiger partial charge in [-0.25, -0.2) is 4.98 Å². The summed E-state index contributed by atoms with van der Waals surface area (Å²) in [6.45, 7) is 0.636. The van der Waals surface area contributed by atoms with Gasteiger partial charge in [-0.3, -0.25) is 0 Å². The molecule has 2 heterocycles. The van der Waals surface area contributed by atoms with Crippen molar-refractivity contribution < 1.29 is 9.84 Å². The van der Waals surface area contributed by atoms with Crippen LogP contribution in [-0.4, -0.2) is 27.4 Å². The molecule has 0 bridgehead atoms. The van der Waals surface area contributed by atoms with Gasteiger partial charge in [-0.1, -0.05) is 0 Å². The molecule has 0 unspecified atom stereocenters. The molecule has 4 nitrogen and oxygen atoms in total. The summed E-state index contributed by atoms with van der Waals surface area (Å²) in [5.74, 6) is 0. The first kappa shape index (κ1) is 8.72. The summed E-state index contributed by atoms with van der Waals surface area (Å²) >= 11 is 0. The lowest BCUT2D eigenvalue weighted by Crippen LogP contribution is -2.24. The highest BCUT2D eigenvalue weighted by Crippen LogP contribution is 2.27. The van der Waals surface area contributed by atoms with Gasteiger partial charge in [0.05, 0.1) is 24.3 Å². The number of imidazole rings is 1. The molecular weight excluding hydrogens is 168 g/mol. The second-order valence-corrected chi connectivity index (χ2v) is 3.47. The topological polar surface area (TPSA) is 47.3 Å². The van der Waals surface area contributed by atoms with E-state index in [1.165, 1.54) is 0 Å². The molecule has 72 valence electrons. The van der Waals surface area contributed by atoms with Crippen LogP contribution in [-0.2, 0) is 11.8 Å². The second-order valence-electron chi connectivity index (χ2n) is 3.47. The minimum atomic E-state index is -0.228. The Hall–Kier alpha value is -0.870. The maximum atomic E-state index is 9.46. The fraction of sp³-hybridized carbons (Fsp3) is 0.667. The first-order valence-corrected chi connectivity index (χ1v) is 4.53. The van der Waals surface area contributed by atoms with Crippen LogP contribution in [0.3, 0.4) is 0 Å². The van der Waals surface area contributed by atoms with E-state index in [1.807, 2.05) is 11.6 Å². The van der Waals surface area contributed by atoms with Crippen LogP contribution in [0.2, 0.25) is 0 Å². The summed E-state index contributed by atoms with van der Waals surface area (Å²) in [5.41, 5.74) is 1.04. The highest BCUT2D eigenvalue weighted by molar-refractivity contribution is 5.03. The smallest absolute Gasteiger partial charge is 0.101 e. The molecule has 2 rings (SSSR count). The van der Waals surface area contributed by atoms with Crippen molar-refractivity contribution in [2.75, 3.05) is 6.61 Å². The Morgan fingerprint density at radius 1 is 1.69 bits per heavy atom. The van der Waals surface area contributed by atoms with Crippen molar-refractivity contribution in [1.29, 1.82) is 0 Å². The van der Waals surface area contributed by atoms with Crippen molar-refractivity contribution in [2.24, 2.45) is 7.05 Å². The lowest BCUT2D eigenvalue weighted by atomic mass is 10.0. The Morgan fingerprint density at radius 2 is 2.54 bits per heavy atom. The predicted octanol–water partition coefficient (Wildman–Crippen LogP) is 0.632. The van der Waals surface area contributed by atoms with E-state index >= 15 is 0 Å². The molecule has 1 aliphatic heterocycles. The third-order valence-corrected chi connectivity index (χ3v) is 2.44. The van der Waals surface area contributed by atoms with Crippen molar-refractivity contribution >= 4 is 0 Å². The van der Waals surface area contributed by atoms with Gasteiger partial charge in [0.2, 0.25) is 0 Å². The number of ether oxygens (including phenoxy) is 1. The second kappa shape index (κ2) is 3.47. The standard InChI is InChI=1S/C9H14N2O2/c1-11-6-10-5-8(11)9-4-7(12)2-3-13-9/h5-7,9,12H,2-4H2,1H3/t7-,9+/m1/s1. The molecule has 1 fully saturated rings. The van der Waals surface area contributed by atoms with Crippen LogP contribution in [0.4, 0.5) is 0 Å². The molecule has 0 aliphatic carbocycles. The number of aliphatic hydroxyl groups excluding tert-OH is 1. The van der Waals surface area contributed by atoms with E-state index in [0.717, 1.165) is 12.1 Å². The van der Waals surface area contributed by atoms with Gasteiger partial charge >= 0.3 is 0 Å². The molecule has 4 heteroatoms. The summed E-state index contributed by atoms with van der Waals surface area (Å²) in [4.78, 5) is 4.02. The maximum Gasteiger partial charge on any atom is 0.101 e. The Kier molecular flexibility index (Phi) is 2.33. The molecule has 1 aromatic rings. The molecule has 1 aromatic heterocycles. The summed E-state index contributed by atoms with van der Waals surface area (Å²) in [6.07, 6.45) is 4.75. The zero-order valence-corrected chi connectivity index (χ0v) is 7.68. The van der Waals surface area contributed by atoms with Crippen LogP contribution in [0.1, 0.15) is 24.6 Å². The molecule has 0 radical (unpaired) electrons. The Balaban J connectivity index is 2.12. The molecule has 1 saturated heterocycles. The van der Waals surface area contributed by atoms with Crippen LogP contribution in [0, 0.1) is 0 Å². The monoisotopic (exact) mass is 182 g/mol. The average molecular weight is 182 g/mol. The fourth-order valence-corrected chi connectivity index (χ4v) is 1.66. The van der Waals surface area contributed by atoms with Gasteiger partial charge in [0.1, 0.15) is 6.10 Å². The van der Waals surface area contributed by atoms with Crippen LogP contribution in [0.25, 0.3) is 0 Å². The Bertz CT molecular complexity index is 285. The van der Waals surface area contributed by atoms with E-state index in [2.05, 4.69) is 4.98 Å². The van der Waals surface area contributed by atoms with Gasteiger partial charge in [-0.05, 0) is 6.42 Å². The van der Waals surface area contributed by atoms with Gasteiger partial charge in [0.15, 0.2) is 0 Å². The quantitative estimate of drug-likeness (QED) is 0.693. The molecule has 13 heavy (non-hydrogen) atoms. The number of rotatable bonds is 1. The van der Waals surface area contributed by atoms with Crippen LogP contribution < -0.4 is 0 Å². The Morgan fingerprint density at radius 3 is 3.15 bits per heavy atom. The van der Waals surface area contributed by atoms with Crippen molar-refractivity contribution in [3.8, 4) is 0 Å². The van der Waals surface area contributed by atoms with Crippen LogP contribution in [0.5, 0.6) is 0 Å². The molecule has 1 aliphatic rings. The summed E-state index contributed by atoms with van der Waals surface area (Å²) in [5, 5.41) is 9.46. The van der Waals surface area contributed by atoms with Crippen molar-refractivity contribution in [3.63, 3.8) is 0 Å². The minimum absolute atomic E-state index is 0.0104. The lowest BCUT2D eigenvalue weighted by Gasteiger charge is -2.26. The van der Waals surface area contributed by atoms with Gasteiger partial charge in [-0.15, -0.1) is 0 Å². The molecule has 1 N–H and O–H groups in total. The van der Waals surface area contributed by atoms with E-state index in [-0.39, 0.29) is 12.2 Å². The zero-order valence-electron chi connectivity index (χ0n) is 7.68. The Labute approximate surface area is 77.2 Å². The summed E-state index contributed by atoms with van der Waals surface area (Å²) < 4.78 is 7.49. The number of aliphatic hydroxyl groups is 1.